The van der Waals surface area contributed by atoms with Crippen molar-refractivity contribution in [2.24, 2.45) is 5.10 Å². The Morgan fingerprint density at radius 3 is 2.62 bits per heavy atom. The molecule has 1 amide bonds. The summed E-state index contributed by atoms with van der Waals surface area (Å²) in [7, 11) is 0. The lowest BCUT2D eigenvalue weighted by Crippen LogP contribution is -2.24. The third kappa shape index (κ3) is 5.72. The molecule has 2 aromatic carbocycles. The summed E-state index contributed by atoms with van der Waals surface area (Å²) >= 11 is 0. The quantitative estimate of drug-likeness (QED) is 0.597. The smallest absolute Gasteiger partial charge is 0.277 e. The second-order valence-corrected chi connectivity index (χ2v) is 4.93. The van der Waals surface area contributed by atoms with Crippen molar-refractivity contribution in [2.45, 2.75) is 13.3 Å². The Labute approximate surface area is 140 Å². The van der Waals surface area contributed by atoms with E-state index in [2.05, 4.69) is 10.5 Å². The largest absolute Gasteiger partial charge is 0.494 e. The molecule has 0 unspecified atom stereocenters. The van der Waals surface area contributed by atoms with Gasteiger partial charge in [0.15, 0.2) is 18.2 Å². The highest BCUT2D eigenvalue weighted by Gasteiger charge is 2.05. The zero-order valence-electron chi connectivity index (χ0n) is 13.4. The molecule has 0 spiro atoms. The number of carbonyl (C=O) groups is 1. The molecule has 0 bridgehead atoms. The van der Waals surface area contributed by atoms with Gasteiger partial charge in [0, 0.05) is 0 Å². The molecule has 0 saturated heterocycles. The summed E-state index contributed by atoms with van der Waals surface area (Å²) < 4.78 is 23.9. The fourth-order valence-corrected chi connectivity index (χ4v) is 1.79. The molecule has 1 N–H and O–H groups in total. The van der Waals surface area contributed by atoms with Crippen molar-refractivity contribution in [3.63, 3.8) is 0 Å². The van der Waals surface area contributed by atoms with Gasteiger partial charge in [0.25, 0.3) is 5.91 Å². The average Bonchev–Trinajstić information content (AvgIpc) is 2.60. The third-order valence-electron chi connectivity index (χ3n) is 2.95. The average molecular weight is 330 g/mol. The number of para-hydroxylation sites is 1. The molecule has 0 atom stereocenters. The van der Waals surface area contributed by atoms with E-state index < -0.39 is 11.7 Å². The Kier molecular flexibility index (Phi) is 6.76. The van der Waals surface area contributed by atoms with Crippen LogP contribution >= 0.6 is 0 Å². The van der Waals surface area contributed by atoms with E-state index in [1.165, 1.54) is 18.3 Å². The summed E-state index contributed by atoms with van der Waals surface area (Å²) in [6, 6.07) is 13.2. The maximum atomic E-state index is 13.3. The number of amides is 1. The summed E-state index contributed by atoms with van der Waals surface area (Å²) in [4.78, 5) is 11.6. The zero-order chi connectivity index (χ0) is 17.2. The molecule has 0 aliphatic rings. The predicted molar refractivity (Wildman–Crippen MR) is 89.9 cm³/mol. The molecule has 0 aromatic heterocycles. The van der Waals surface area contributed by atoms with Gasteiger partial charge in [-0.1, -0.05) is 19.1 Å². The van der Waals surface area contributed by atoms with E-state index in [1.54, 1.807) is 12.1 Å². The Balaban J connectivity index is 1.76. The van der Waals surface area contributed by atoms with Gasteiger partial charge in [0.2, 0.25) is 0 Å². The van der Waals surface area contributed by atoms with Crippen LogP contribution in [0.2, 0.25) is 0 Å². The van der Waals surface area contributed by atoms with E-state index in [9.17, 15) is 9.18 Å². The number of benzene rings is 2. The van der Waals surface area contributed by atoms with E-state index in [4.69, 9.17) is 9.47 Å². The van der Waals surface area contributed by atoms with Crippen LogP contribution in [0.5, 0.6) is 11.5 Å². The van der Waals surface area contributed by atoms with Gasteiger partial charge in [-0.15, -0.1) is 0 Å². The minimum absolute atomic E-state index is 0.0271. The maximum absolute atomic E-state index is 13.3. The number of ether oxygens (including phenoxy) is 2. The number of carbonyl (C=O) groups excluding carboxylic acids is 1. The van der Waals surface area contributed by atoms with Crippen LogP contribution in [0.15, 0.2) is 53.6 Å². The lowest BCUT2D eigenvalue weighted by atomic mass is 10.2. The van der Waals surface area contributed by atoms with Crippen molar-refractivity contribution >= 4 is 12.1 Å². The van der Waals surface area contributed by atoms with Crippen molar-refractivity contribution in [2.75, 3.05) is 13.2 Å². The molecular formula is C18H19FN2O3. The Hall–Kier alpha value is -2.89. The molecule has 0 aliphatic carbocycles. The minimum Gasteiger partial charge on any atom is -0.494 e. The first-order valence-corrected chi connectivity index (χ1v) is 7.61. The molecule has 0 heterocycles. The van der Waals surface area contributed by atoms with Crippen molar-refractivity contribution < 1.29 is 18.7 Å². The van der Waals surface area contributed by atoms with Crippen LogP contribution in [0.25, 0.3) is 0 Å². The summed E-state index contributed by atoms with van der Waals surface area (Å²) in [5, 5.41) is 3.83. The lowest BCUT2D eigenvalue weighted by molar-refractivity contribution is -0.123. The zero-order valence-corrected chi connectivity index (χ0v) is 13.4. The molecule has 24 heavy (non-hydrogen) atoms. The van der Waals surface area contributed by atoms with E-state index in [1.807, 2.05) is 31.2 Å². The van der Waals surface area contributed by atoms with Crippen LogP contribution in [0.4, 0.5) is 4.39 Å². The van der Waals surface area contributed by atoms with Crippen molar-refractivity contribution in [1.82, 2.24) is 5.43 Å². The van der Waals surface area contributed by atoms with Crippen LogP contribution in [0, 0.1) is 5.82 Å². The van der Waals surface area contributed by atoms with Gasteiger partial charge >= 0.3 is 0 Å². The first-order chi connectivity index (χ1) is 11.7. The van der Waals surface area contributed by atoms with Crippen LogP contribution in [-0.4, -0.2) is 25.3 Å². The van der Waals surface area contributed by atoms with Crippen molar-refractivity contribution in [3.05, 3.63) is 59.9 Å². The van der Waals surface area contributed by atoms with E-state index in [-0.39, 0.29) is 12.4 Å². The normalized spacial score (nSPS) is 10.6. The van der Waals surface area contributed by atoms with Gasteiger partial charge < -0.3 is 9.47 Å². The van der Waals surface area contributed by atoms with Gasteiger partial charge in [-0.25, -0.2) is 9.82 Å². The molecule has 0 radical (unpaired) electrons. The lowest BCUT2D eigenvalue weighted by Gasteiger charge is -2.05. The Bertz CT molecular complexity index is 687. The molecule has 126 valence electrons. The molecule has 0 aliphatic heterocycles. The molecule has 5 nitrogen and oxygen atoms in total. The van der Waals surface area contributed by atoms with E-state index in [0.29, 0.717) is 6.61 Å². The van der Waals surface area contributed by atoms with E-state index >= 15 is 0 Å². The van der Waals surface area contributed by atoms with Gasteiger partial charge in [0.1, 0.15) is 5.75 Å². The van der Waals surface area contributed by atoms with Crippen LogP contribution < -0.4 is 14.9 Å². The predicted octanol–water partition coefficient (Wildman–Crippen LogP) is 3.14. The highest BCUT2D eigenvalue weighted by molar-refractivity contribution is 5.83. The maximum Gasteiger partial charge on any atom is 0.277 e. The molecule has 0 fully saturated rings. The minimum atomic E-state index is -0.515. The summed E-state index contributed by atoms with van der Waals surface area (Å²) in [5.74, 6) is -0.174. The summed E-state index contributed by atoms with van der Waals surface area (Å²) in [6.45, 7) is 2.40. The molecular weight excluding hydrogens is 311 g/mol. The van der Waals surface area contributed by atoms with Crippen LogP contribution in [-0.2, 0) is 4.79 Å². The van der Waals surface area contributed by atoms with Crippen LogP contribution in [0.1, 0.15) is 18.9 Å². The van der Waals surface area contributed by atoms with Crippen molar-refractivity contribution in [1.29, 1.82) is 0 Å². The number of nitrogens with one attached hydrogen (secondary N) is 1. The second-order valence-electron chi connectivity index (χ2n) is 4.93. The SMILES string of the molecule is CCCOc1ccc(/C=N\NC(=O)COc2ccccc2F)cc1. The third-order valence-corrected chi connectivity index (χ3v) is 2.95. The van der Waals surface area contributed by atoms with Gasteiger partial charge in [0.05, 0.1) is 12.8 Å². The van der Waals surface area contributed by atoms with Crippen molar-refractivity contribution in [3.8, 4) is 11.5 Å². The second kappa shape index (κ2) is 9.29. The van der Waals surface area contributed by atoms with Gasteiger partial charge in [-0.3, -0.25) is 4.79 Å². The number of hydrazone groups is 1. The number of hydrogen-bond acceptors (Lipinski definition) is 4. The van der Waals surface area contributed by atoms with E-state index in [0.717, 1.165) is 17.7 Å². The number of rotatable bonds is 8. The number of halogens is 1. The molecule has 2 aromatic rings. The fourth-order valence-electron chi connectivity index (χ4n) is 1.79. The number of hydrogen-bond donors (Lipinski definition) is 1. The highest BCUT2D eigenvalue weighted by Crippen LogP contribution is 2.15. The highest BCUT2D eigenvalue weighted by atomic mass is 19.1. The topological polar surface area (TPSA) is 59.9 Å². The fraction of sp³-hybridized carbons (Fsp3) is 0.222. The molecule has 2 rings (SSSR count). The number of nitrogens with zero attached hydrogens (tertiary/aromatic N) is 1. The summed E-state index contributed by atoms with van der Waals surface area (Å²) in [6.07, 6.45) is 2.45. The molecule has 0 saturated carbocycles. The molecule has 6 heteroatoms. The Morgan fingerprint density at radius 2 is 1.92 bits per heavy atom. The standard InChI is InChI=1S/C18H19FN2O3/c1-2-11-23-15-9-7-14(8-10-15)12-20-21-18(22)13-24-17-6-4-3-5-16(17)19/h3-10,12H,2,11,13H2,1H3,(H,21,22)/b20-12-. The van der Waals surface area contributed by atoms with Gasteiger partial charge in [-0.05, 0) is 48.4 Å². The first-order valence-electron chi connectivity index (χ1n) is 7.61. The van der Waals surface area contributed by atoms with Gasteiger partial charge in [-0.2, -0.15) is 5.10 Å². The summed E-state index contributed by atoms with van der Waals surface area (Å²) in [5.41, 5.74) is 3.14. The Morgan fingerprint density at radius 1 is 1.17 bits per heavy atom. The van der Waals surface area contributed by atoms with Crippen LogP contribution in [0.3, 0.4) is 0 Å². The first kappa shape index (κ1) is 17.5. The monoisotopic (exact) mass is 330 g/mol.